The maximum atomic E-state index is 13.0. The molecule has 0 atom stereocenters. The molecule has 10 heteroatoms. The summed E-state index contributed by atoms with van der Waals surface area (Å²) >= 11 is 1.07. The van der Waals surface area contributed by atoms with Crippen LogP contribution in [0.5, 0.6) is 0 Å². The predicted molar refractivity (Wildman–Crippen MR) is 105 cm³/mol. The third-order valence-corrected chi connectivity index (χ3v) is 7.71. The lowest BCUT2D eigenvalue weighted by Crippen LogP contribution is -2.62. The second-order valence-electron chi connectivity index (χ2n) is 9.21. The van der Waals surface area contributed by atoms with Gasteiger partial charge in [-0.3, -0.25) is 0 Å². The van der Waals surface area contributed by atoms with Gasteiger partial charge in [0.2, 0.25) is 5.92 Å². The van der Waals surface area contributed by atoms with Gasteiger partial charge in [0.25, 0.3) is 0 Å². The molecule has 2 aromatic heterocycles. The van der Waals surface area contributed by atoms with Crippen molar-refractivity contribution in [3.05, 3.63) is 17.3 Å². The summed E-state index contributed by atoms with van der Waals surface area (Å²) in [6.45, 7) is 4.27. The van der Waals surface area contributed by atoms with Gasteiger partial charge in [0.05, 0.1) is 11.8 Å². The van der Waals surface area contributed by atoms with Gasteiger partial charge in [0, 0.05) is 50.4 Å². The fraction of sp³-hybridized carbons (Fsp3) is 0.700. The van der Waals surface area contributed by atoms with E-state index in [2.05, 4.69) is 19.8 Å². The highest BCUT2D eigenvalue weighted by Gasteiger charge is 2.50. The zero-order chi connectivity index (χ0) is 21.1. The molecule has 1 aliphatic carbocycles. The maximum Gasteiger partial charge on any atom is 0.393 e. The Labute approximate surface area is 175 Å². The Bertz CT molecular complexity index is 919. The van der Waals surface area contributed by atoms with Crippen molar-refractivity contribution in [3.63, 3.8) is 0 Å². The second-order valence-corrected chi connectivity index (χ2v) is 10.3. The SMILES string of the molecule is FC(F)(F)Cc1cc2c(N3CCC4(CC3)CN(CC3CC(F)(F)C3)C4)ncnc2s1. The van der Waals surface area contributed by atoms with Gasteiger partial charge in [-0.2, -0.15) is 13.2 Å². The van der Waals surface area contributed by atoms with Crippen LogP contribution in [0.15, 0.2) is 12.4 Å². The molecule has 0 unspecified atom stereocenters. The van der Waals surface area contributed by atoms with Crippen molar-refractivity contribution >= 4 is 27.4 Å². The third-order valence-electron chi connectivity index (χ3n) is 6.67. The lowest BCUT2D eigenvalue weighted by molar-refractivity contribution is -0.130. The normalized spacial score (nSPS) is 24.2. The largest absolute Gasteiger partial charge is 0.393 e. The lowest BCUT2D eigenvalue weighted by atomic mass is 9.70. The van der Waals surface area contributed by atoms with Crippen molar-refractivity contribution in [2.75, 3.05) is 37.6 Å². The lowest BCUT2D eigenvalue weighted by Gasteiger charge is -2.55. The zero-order valence-corrected chi connectivity index (χ0v) is 17.2. The monoisotopic (exact) mass is 446 g/mol. The van der Waals surface area contributed by atoms with Gasteiger partial charge in [-0.05, 0) is 30.2 Å². The van der Waals surface area contributed by atoms with Crippen LogP contribution in [0, 0.1) is 11.3 Å². The number of rotatable bonds is 4. The van der Waals surface area contributed by atoms with E-state index in [1.165, 1.54) is 6.33 Å². The average Bonchev–Trinajstić information content (AvgIpc) is 2.99. The van der Waals surface area contributed by atoms with Crippen LogP contribution in [0.25, 0.3) is 10.2 Å². The van der Waals surface area contributed by atoms with Crippen LogP contribution in [-0.4, -0.2) is 59.7 Å². The van der Waals surface area contributed by atoms with Crippen molar-refractivity contribution < 1.29 is 22.0 Å². The van der Waals surface area contributed by atoms with Gasteiger partial charge in [0.1, 0.15) is 17.0 Å². The fourth-order valence-corrected chi connectivity index (χ4v) is 6.27. The first-order valence-corrected chi connectivity index (χ1v) is 11.1. The molecule has 1 spiro atoms. The van der Waals surface area contributed by atoms with Crippen molar-refractivity contribution in [3.8, 4) is 0 Å². The van der Waals surface area contributed by atoms with Crippen molar-refractivity contribution in [2.45, 2.75) is 44.2 Å². The molecule has 0 radical (unpaired) electrons. The number of likely N-dealkylation sites (tertiary alicyclic amines) is 1. The summed E-state index contributed by atoms with van der Waals surface area (Å²) in [5, 5.41) is 0.693. The Morgan fingerprint density at radius 1 is 1.10 bits per heavy atom. The number of alkyl halides is 5. The number of nitrogens with zero attached hydrogens (tertiary/aromatic N) is 4. The topological polar surface area (TPSA) is 32.3 Å². The van der Waals surface area contributed by atoms with Crippen LogP contribution in [0.1, 0.15) is 30.6 Å². The van der Waals surface area contributed by atoms with Crippen LogP contribution in [-0.2, 0) is 6.42 Å². The maximum absolute atomic E-state index is 13.0. The molecule has 5 rings (SSSR count). The number of aromatic nitrogens is 2. The summed E-state index contributed by atoms with van der Waals surface area (Å²) in [5.41, 5.74) is 0.241. The summed E-state index contributed by atoms with van der Waals surface area (Å²) in [6.07, 6.45) is -1.76. The van der Waals surface area contributed by atoms with E-state index in [9.17, 15) is 22.0 Å². The van der Waals surface area contributed by atoms with Gasteiger partial charge in [-0.15, -0.1) is 11.3 Å². The van der Waals surface area contributed by atoms with Crippen LogP contribution in [0.2, 0.25) is 0 Å². The number of hydrogen-bond acceptors (Lipinski definition) is 5. The molecule has 0 aromatic carbocycles. The summed E-state index contributed by atoms with van der Waals surface area (Å²) in [5.74, 6) is -1.62. The molecule has 164 valence electrons. The molecule has 0 bridgehead atoms. The first kappa shape index (κ1) is 20.4. The van der Waals surface area contributed by atoms with Gasteiger partial charge in [-0.25, -0.2) is 18.7 Å². The zero-order valence-electron chi connectivity index (χ0n) is 16.4. The number of thiophene rings is 1. The second kappa shape index (κ2) is 6.98. The van der Waals surface area contributed by atoms with Crippen molar-refractivity contribution in [1.82, 2.24) is 14.9 Å². The summed E-state index contributed by atoms with van der Waals surface area (Å²) in [6, 6.07) is 1.58. The van der Waals surface area contributed by atoms with Crippen molar-refractivity contribution in [1.29, 1.82) is 0 Å². The van der Waals surface area contributed by atoms with Crippen LogP contribution in [0.3, 0.4) is 0 Å². The van der Waals surface area contributed by atoms with Crippen LogP contribution in [0.4, 0.5) is 27.8 Å². The summed E-state index contributed by atoms with van der Waals surface area (Å²) in [4.78, 5) is 13.8. The first-order valence-electron chi connectivity index (χ1n) is 10.3. The molecule has 0 N–H and O–H groups in total. The van der Waals surface area contributed by atoms with E-state index in [1.807, 2.05) is 0 Å². The standard InChI is InChI=1S/C20H23F5N4S/c21-19(22)6-13(7-19)9-28-10-18(11-28)1-3-29(4-2-18)16-15-5-14(8-20(23,24)25)30-17(15)27-12-26-16/h5,12-13H,1-4,6-11H2. The molecular weight excluding hydrogens is 423 g/mol. The fourth-order valence-electron chi connectivity index (χ4n) is 5.25. The van der Waals surface area contributed by atoms with E-state index in [1.54, 1.807) is 6.07 Å². The highest BCUT2D eigenvalue weighted by Crippen LogP contribution is 2.46. The predicted octanol–water partition coefficient (Wildman–Crippen LogP) is 4.74. The summed E-state index contributed by atoms with van der Waals surface area (Å²) in [7, 11) is 0. The first-order chi connectivity index (χ1) is 14.1. The highest BCUT2D eigenvalue weighted by atomic mass is 32.1. The smallest absolute Gasteiger partial charge is 0.356 e. The molecule has 3 aliphatic rings. The molecule has 1 saturated carbocycles. The van der Waals surface area contributed by atoms with E-state index in [4.69, 9.17) is 0 Å². The Morgan fingerprint density at radius 3 is 2.43 bits per heavy atom. The Morgan fingerprint density at radius 2 is 1.80 bits per heavy atom. The molecule has 2 aliphatic heterocycles. The van der Waals surface area contributed by atoms with E-state index in [0.717, 1.165) is 56.9 Å². The number of hydrogen-bond donors (Lipinski definition) is 0. The Hall–Kier alpha value is -1.55. The third kappa shape index (κ3) is 4.00. The molecule has 4 heterocycles. The average molecular weight is 446 g/mol. The van der Waals surface area contributed by atoms with Crippen molar-refractivity contribution in [2.24, 2.45) is 11.3 Å². The van der Waals surface area contributed by atoms with Crippen LogP contribution >= 0.6 is 11.3 Å². The number of piperidine rings is 1. The van der Waals surface area contributed by atoms with Gasteiger partial charge in [-0.1, -0.05) is 0 Å². The molecule has 2 saturated heterocycles. The van der Waals surface area contributed by atoms with Crippen LogP contribution < -0.4 is 4.90 Å². The van der Waals surface area contributed by atoms with Gasteiger partial charge < -0.3 is 9.80 Å². The number of fused-ring (bicyclic) bond motifs is 1. The van der Waals surface area contributed by atoms with Gasteiger partial charge in [0.15, 0.2) is 0 Å². The number of anilines is 1. The van der Waals surface area contributed by atoms with Gasteiger partial charge >= 0.3 is 6.18 Å². The minimum absolute atomic E-state index is 0.0188. The van der Waals surface area contributed by atoms with E-state index in [-0.39, 0.29) is 29.1 Å². The number of halogens is 5. The Balaban J connectivity index is 1.20. The quantitative estimate of drug-likeness (QED) is 0.635. The molecule has 0 amide bonds. The molecule has 30 heavy (non-hydrogen) atoms. The minimum atomic E-state index is -4.24. The highest BCUT2D eigenvalue weighted by molar-refractivity contribution is 7.18. The molecule has 2 aromatic rings. The van der Waals surface area contributed by atoms with E-state index in [0.29, 0.717) is 16.0 Å². The minimum Gasteiger partial charge on any atom is -0.356 e. The molecule has 4 nitrogen and oxygen atoms in total. The molecular formula is C20H23F5N4S. The Kier molecular flexibility index (Phi) is 4.74. The summed E-state index contributed by atoms with van der Waals surface area (Å²) < 4.78 is 64.3. The van der Waals surface area contributed by atoms with E-state index >= 15 is 0 Å². The van der Waals surface area contributed by atoms with E-state index < -0.39 is 18.5 Å². The molecule has 3 fully saturated rings.